The Morgan fingerprint density at radius 2 is 1.83 bits per heavy atom. The fourth-order valence-corrected chi connectivity index (χ4v) is 7.92. The highest BCUT2D eigenvalue weighted by Gasteiger charge is 2.59. The van der Waals surface area contributed by atoms with Crippen LogP contribution in [-0.2, 0) is 16.0 Å². The SMILES string of the molecule is C[C@]12C=CC(=O)N[C@@H]1CC[C@@H]1[C@@H]2CC[C@]2(C)[C@H](c3ccc(CC(=O)O)cc3)CC[C@@H]12. The number of carboxylic acids is 1. The van der Waals surface area contributed by atoms with Crippen molar-refractivity contribution in [1.82, 2.24) is 5.32 Å². The Bertz CT molecular complexity index is 890. The summed E-state index contributed by atoms with van der Waals surface area (Å²) in [6.07, 6.45) is 11.4. The van der Waals surface area contributed by atoms with Crippen LogP contribution in [-0.4, -0.2) is 23.0 Å². The van der Waals surface area contributed by atoms with E-state index in [0.717, 1.165) is 23.8 Å². The molecule has 0 radical (unpaired) electrons. The van der Waals surface area contributed by atoms with Crippen molar-refractivity contribution in [3.8, 4) is 0 Å². The first-order chi connectivity index (χ1) is 14.3. The van der Waals surface area contributed by atoms with Crippen molar-refractivity contribution in [2.75, 3.05) is 0 Å². The van der Waals surface area contributed by atoms with Gasteiger partial charge in [-0.25, -0.2) is 0 Å². The molecule has 1 aromatic carbocycles. The number of amides is 1. The van der Waals surface area contributed by atoms with Crippen LogP contribution in [0.4, 0.5) is 0 Å². The third kappa shape index (κ3) is 2.94. The minimum Gasteiger partial charge on any atom is -0.481 e. The van der Waals surface area contributed by atoms with Gasteiger partial charge in [0, 0.05) is 11.5 Å². The molecule has 3 fully saturated rings. The number of carbonyl (C=O) groups is 2. The number of fused-ring (bicyclic) bond motifs is 5. The van der Waals surface area contributed by atoms with E-state index < -0.39 is 5.97 Å². The van der Waals surface area contributed by atoms with Crippen molar-refractivity contribution in [1.29, 1.82) is 0 Å². The van der Waals surface area contributed by atoms with Gasteiger partial charge in [-0.05, 0) is 84.8 Å². The van der Waals surface area contributed by atoms with Gasteiger partial charge in [0.15, 0.2) is 0 Å². The lowest BCUT2D eigenvalue weighted by molar-refractivity contribution is -0.136. The van der Waals surface area contributed by atoms with Crippen LogP contribution in [0, 0.1) is 28.6 Å². The molecular formula is C26H33NO3. The number of hydrogen-bond acceptors (Lipinski definition) is 2. The minimum atomic E-state index is -0.772. The van der Waals surface area contributed by atoms with Crippen LogP contribution in [0.2, 0.25) is 0 Å². The quantitative estimate of drug-likeness (QED) is 0.764. The van der Waals surface area contributed by atoms with E-state index in [-0.39, 0.29) is 17.7 Å². The van der Waals surface area contributed by atoms with Crippen LogP contribution in [0.5, 0.6) is 0 Å². The van der Waals surface area contributed by atoms with Crippen LogP contribution in [0.25, 0.3) is 0 Å². The van der Waals surface area contributed by atoms with Crippen LogP contribution in [0.3, 0.4) is 0 Å². The number of rotatable bonds is 3. The molecule has 2 N–H and O–H groups in total. The summed E-state index contributed by atoms with van der Waals surface area (Å²) in [6, 6.07) is 8.67. The largest absolute Gasteiger partial charge is 0.481 e. The fraction of sp³-hybridized carbons (Fsp3) is 0.615. The standard InChI is InChI=1S/C26H33NO3/c1-25-13-11-21-18(7-10-22-26(21,2)14-12-23(28)27-22)20(25)9-8-19(25)17-5-3-16(4-6-17)15-24(29)30/h3-6,12,14,18-22H,7-11,13,15H2,1-2H3,(H,27,28)(H,29,30)/t18-,19-,20-,21-,22+,25+,26+/m0/s1. The lowest BCUT2D eigenvalue weighted by Crippen LogP contribution is -2.59. The average Bonchev–Trinajstić information content (AvgIpc) is 3.06. The molecule has 0 spiro atoms. The smallest absolute Gasteiger partial charge is 0.307 e. The Balaban J connectivity index is 1.40. The highest BCUT2D eigenvalue weighted by atomic mass is 16.4. The van der Waals surface area contributed by atoms with E-state index in [0.29, 0.717) is 23.3 Å². The van der Waals surface area contributed by atoms with E-state index in [9.17, 15) is 9.59 Å². The van der Waals surface area contributed by atoms with Gasteiger partial charge in [0.2, 0.25) is 5.91 Å². The molecule has 160 valence electrons. The van der Waals surface area contributed by atoms with Gasteiger partial charge in [0.25, 0.3) is 0 Å². The first kappa shape index (κ1) is 19.8. The van der Waals surface area contributed by atoms with E-state index in [1.54, 1.807) is 6.08 Å². The van der Waals surface area contributed by atoms with Gasteiger partial charge in [-0.2, -0.15) is 0 Å². The zero-order chi connectivity index (χ0) is 21.1. The van der Waals surface area contributed by atoms with Gasteiger partial charge < -0.3 is 10.4 Å². The fourth-order valence-electron chi connectivity index (χ4n) is 7.92. The first-order valence-electron chi connectivity index (χ1n) is 11.6. The van der Waals surface area contributed by atoms with Crippen LogP contribution >= 0.6 is 0 Å². The molecule has 1 aromatic rings. The maximum atomic E-state index is 11.9. The molecule has 1 heterocycles. The van der Waals surface area contributed by atoms with Crippen molar-refractivity contribution in [3.05, 3.63) is 47.5 Å². The molecule has 4 aliphatic rings. The molecule has 1 amide bonds. The predicted octanol–water partition coefficient (Wildman–Crippen LogP) is 4.69. The summed E-state index contributed by atoms with van der Waals surface area (Å²) >= 11 is 0. The Morgan fingerprint density at radius 3 is 2.57 bits per heavy atom. The van der Waals surface area contributed by atoms with Crippen molar-refractivity contribution >= 4 is 11.9 Å². The molecule has 0 bridgehead atoms. The summed E-state index contributed by atoms with van der Waals surface area (Å²) in [4.78, 5) is 22.9. The molecule has 0 aromatic heterocycles. The second-order valence-corrected chi connectivity index (χ2v) is 10.7. The zero-order valence-corrected chi connectivity index (χ0v) is 18.1. The van der Waals surface area contributed by atoms with E-state index >= 15 is 0 Å². The third-order valence-corrected chi connectivity index (χ3v) is 9.42. The summed E-state index contributed by atoms with van der Waals surface area (Å²) in [5, 5.41) is 12.3. The summed E-state index contributed by atoms with van der Waals surface area (Å²) in [5.41, 5.74) is 2.68. The Morgan fingerprint density at radius 1 is 1.07 bits per heavy atom. The molecule has 30 heavy (non-hydrogen) atoms. The van der Waals surface area contributed by atoms with Crippen LogP contribution in [0.15, 0.2) is 36.4 Å². The van der Waals surface area contributed by atoms with Crippen molar-refractivity contribution in [2.24, 2.45) is 28.6 Å². The van der Waals surface area contributed by atoms with E-state index in [1.807, 2.05) is 12.1 Å². The van der Waals surface area contributed by atoms with E-state index in [1.165, 1.54) is 37.7 Å². The summed E-state index contributed by atoms with van der Waals surface area (Å²) < 4.78 is 0. The van der Waals surface area contributed by atoms with Crippen LogP contribution < -0.4 is 5.32 Å². The lowest BCUT2D eigenvalue weighted by atomic mass is 9.47. The summed E-state index contributed by atoms with van der Waals surface area (Å²) in [7, 11) is 0. The molecular weight excluding hydrogens is 374 g/mol. The third-order valence-electron chi connectivity index (χ3n) is 9.42. The maximum absolute atomic E-state index is 11.9. The molecule has 5 rings (SSSR count). The first-order valence-corrected chi connectivity index (χ1v) is 11.6. The number of aliphatic carboxylic acids is 1. The molecule has 7 atom stereocenters. The Kier molecular flexibility index (Phi) is 4.61. The monoisotopic (exact) mass is 407 g/mol. The second kappa shape index (κ2) is 6.96. The molecule has 1 aliphatic heterocycles. The highest BCUT2D eigenvalue weighted by molar-refractivity contribution is 5.89. The Labute approximate surface area is 179 Å². The molecule has 4 nitrogen and oxygen atoms in total. The molecule has 3 aliphatic carbocycles. The molecule has 4 heteroatoms. The van der Waals surface area contributed by atoms with Gasteiger partial charge >= 0.3 is 5.97 Å². The van der Waals surface area contributed by atoms with E-state index in [4.69, 9.17) is 5.11 Å². The number of carboxylic acid groups (broad SMARTS) is 1. The average molecular weight is 408 g/mol. The van der Waals surface area contributed by atoms with Gasteiger partial charge in [0.1, 0.15) is 0 Å². The van der Waals surface area contributed by atoms with Crippen LogP contribution in [0.1, 0.15) is 69.4 Å². The van der Waals surface area contributed by atoms with Gasteiger partial charge in [0.05, 0.1) is 6.42 Å². The summed E-state index contributed by atoms with van der Waals surface area (Å²) in [5.74, 6) is 2.00. The summed E-state index contributed by atoms with van der Waals surface area (Å²) in [6.45, 7) is 4.89. The van der Waals surface area contributed by atoms with Gasteiger partial charge in [-0.3, -0.25) is 9.59 Å². The topological polar surface area (TPSA) is 66.4 Å². The van der Waals surface area contributed by atoms with Gasteiger partial charge in [-0.1, -0.05) is 44.2 Å². The zero-order valence-electron chi connectivity index (χ0n) is 18.1. The molecule has 0 unspecified atom stereocenters. The number of carbonyl (C=O) groups excluding carboxylic acids is 1. The van der Waals surface area contributed by atoms with Crippen molar-refractivity contribution in [3.63, 3.8) is 0 Å². The van der Waals surface area contributed by atoms with Gasteiger partial charge in [-0.15, -0.1) is 0 Å². The lowest BCUT2D eigenvalue weighted by Gasteiger charge is -2.59. The minimum absolute atomic E-state index is 0.0730. The normalized spacial score (nSPS) is 42.1. The highest BCUT2D eigenvalue weighted by Crippen LogP contribution is 2.66. The van der Waals surface area contributed by atoms with E-state index in [2.05, 4.69) is 37.4 Å². The van der Waals surface area contributed by atoms with Crippen molar-refractivity contribution < 1.29 is 14.7 Å². The Hall–Kier alpha value is -2.10. The number of nitrogens with one attached hydrogen (secondary N) is 1. The molecule has 3 saturated carbocycles. The number of hydrogen-bond donors (Lipinski definition) is 2. The number of benzene rings is 1. The maximum Gasteiger partial charge on any atom is 0.307 e. The second-order valence-electron chi connectivity index (χ2n) is 10.7. The molecule has 0 saturated heterocycles. The predicted molar refractivity (Wildman–Crippen MR) is 116 cm³/mol. The van der Waals surface area contributed by atoms with Crippen molar-refractivity contribution in [2.45, 2.75) is 70.8 Å².